The van der Waals surface area contributed by atoms with Crippen LogP contribution < -0.4 is 10.6 Å². The molecule has 0 unspecified atom stereocenters. The highest BCUT2D eigenvalue weighted by Crippen LogP contribution is 2.21. The van der Waals surface area contributed by atoms with Gasteiger partial charge in [-0.15, -0.1) is 0 Å². The molecule has 4 heteroatoms. The van der Waals surface area contributed by atoms with Crippen LogP contribution in [0.3, 0.4) is 0 Å². The van der Waals surface area contributed by atoms with Gasteiger partial charge in [0, 0.05) is 9.26 Å². The molecule has 1 aromatic rings. The van der Waals surface area contributed by atoms with Crippen LogP contribution in [0.1, 0.15) is 24.8 Å². The van der Waals surface area contributed by atoms with Crippen molar-refractivity contribution in [3.63, 3.8) is 0 Å². The first-order valence-electron chi connectivity index (χ1n) is 5.98. The second-order valence-electron chi connectivity index (χ2n) is 4.40. The number of hydrogen-bond donors (Lipinski definition) is 2. The van der Waals surface area contributed by atoms with E-state index >= 15 is 0 Å². The highest BCUT2D eigenvalue weighted by molar-refractivity contribution is 14.1. The van der Waals surface area contributed by atoms with Crippen LogP contribution in [0.25, 0.3) is 0 Å². The predicted molar refractivity (Wildman–Crippen MR) is 78.2 cm³/mol. The molecule has 0 spiro atoms. The van der Waals surface area contributed by atoms with Crippen molar-refractivity contribution in [1.29, 1.82) is 0 Å². The zero-order chi connectivity index (χ0) is 12.3. The second kappa shape index (κ2) is 5.82. The number of rotatable bonds is 2. The van der Waals surface area contributed by atoms with Crippen molar-refractivity contribution in [3.8, 4) is 0 Å². The summed E-state index contributed by atoms with van der Waals surface area (Å²) in [5.74, 6) is 0.0924. The van der Waals surface area contributed by atoms with Crippen molar-refractivity contribution >= 4 is 34.2 Å². The fourth-order valence-electron chi connectivity index (χ4n) is 2.04. The molecule has 1 aliphatic rings. The molecule has 1 aliphatic heterocycles. The number of benzene rings is 1. The summed E-state index contributed by atoms with van der Waals surface area (Å²) in [6.07, 6.45) is 3.25. The predicted octanol–water partition coefficient (Wildman–Crippen LogP) is 2.68. The topological polar surface area (TPSA) is 41.1 Å². The molecule has 1 fully saturated rings. The SMILES string of the molecule is Cc1c(I)cccc1NC(=O)[C@H]1CCCCN1. The maximum atomic E-state index is 12.1. The van der Waals surface area contributed by atoms with Crippen LogP contribution in [0, 0.1) is 10.5 Å². The number of carbonyl (C=O) groups excluding carboxylic acids is 1. The van der Waals surface area contributed by atoms with Gasteiger partial charge in [-0.25, -0.2) is 0 Å². The molecule has 0 aliphatic carbocycles. The van der Waals surface area contributed by atoms with Crippen molar-refractivity contribution in [2.45, 2.75) is 32.2 Å². The van der Waals surface area contributed by atoms with E-state index in [-0.39, 0.29) is 11.9 Å². The van der Waals surface area contributed by atoms with Gasteiger partial charge < -0.3 is 10.6 Å². The van der Waals surface area contributed by atoms with Crippen LogP contribution >= 0.6 is 22.6 Å². The zero-order valence-corrected chi connectivity index (χ0v) is 12.1. The molecule has 1 saturated heterocycles. The summed E-state index contributed by atoms with van der Waals surface area (Å²) in [4.78, 5) is 12.1. The lowest BCUT2D eigenvalue weighted by molar-refractivity contribution is -0.118. The Morgan fingerprint density at radius 3 is 3.00 bits per heavy atom. The molecule has 0 radical (unpaired) electrons. The van der Waals surface area contributed by atoms with Gasteiger partial charge in [-0.1, -0.05) is 12.5 Å². The second-order valence-corrected chi connectivity index (χ2v) is 5.57. The molecule has 1 heterocycles. The smallest absolute Gasteiger partial charge is 0.241 e. The average Bonchev–Trinajstić information content (AvgIpc) is 2.36. The van der Waals surface area contributed by atoms with E-state index in [1.807, 2.05) is 25.1 Å². The van der Waals surface area contributed by atoms with Crippen LogP contribution in [-0.4, -0.2) is 18.5 Å². The largest absolute Gasteiger partial charge is 0.324 e. The van der Waals surface area contributed by atoms with Gasteiger partial charge in [-0.3, -0.25) is 4.79 Å². The quantitative estimate of drug-likeness (QED) is 0.810. The first-order chi connectivity index (χ1) is 8.18. The Morgan fingerprint density at radius 2 is 2.29 bits per heavy atom. The van der Waals surface area contributed by atoms with Crippen LogP contribution in [0.15, 0.2) is 18.2 Å². The summed E-state index contributed by atoms with van der Waals surface area (Å²) in [6.45, 7) is 2.98. The highest BCUT2D eigenvalue weighted by atomic mass is 127. The van der Waals surface area contributed by atoms with E-state index in [1.165, 1.54) is 9.99 Å². The van der Waals surface area contributed by atoms with Gasteiger partial charge in [0.2, 0.25) is 5.91 Å². The monoisotopic (exact) mass is 344 g/mol. The number of piperidine rings is 1. The fraction of sp³-hybridized carbons (Fsp3) is 0.462. The summed E-state index contributed by atoms with van der Waals surface area (Å²) in [5, 5.41) is 6.27. The third-order valence-corrected chi connectivity index (χ3v) is 4.32. The lowest BCUT2D eigenvalue weighted by Crippen LogP contribution is -2.43. The molecule has 0 saturated carbocycles. The molecule has 1 aromatic carbocycles. The summed E-state index contributed by atoms with van der Waals surface area (Å²) < 4.78 is 1.18. The van der Waals surface area contributed by atoms with Gasteiger partial charge in [-0.05, 0) is 66.6 Å². The Balaban J connectivity index is 2.04. The first kappa shape index (κ1) is 12.8. The Bertz CT molecular complexity index is 414. The molecule has 1 amide bonds. The van der Waals surface area contributed by atoms with Crippen LogP contribution in [0.2, 0.25) is 0 Å². The third kappa shape index (κ3) is 3.19. The van der Waals surface area contributed by atoms with Crippen molar-refractivity contribution in [2.75, 3.05) is 11.9 Å². The van der Waals surface area contributed by atoms with Gasteiger partial charge in [0.05, 0.1) is 6.04 Å². The highest BCUT2D eigenvalue weighted by Gasteiger charge is 2.20. The summed E-state index contributed by atoms with van der Waals surface area (Å²) in [6, 6.07) is 5.95. The van der Waals surface area contributed by atoms with Crippen LogP contribution in [-0.2, 0) is 4.79 Å². The Hall–Kier alpha value is -0.620. The van der Waals surface area contributed by atoms with E-state index in [9.17, 15) is 4.79 Å². The molecular formula is C13H17IN2O. The summed E-state index contributed by atoms with van der Waals surface area (Å²) in [7, 11) is 0. The molecular weight excluding hydrogens is 327 g/mol. The average molecular weight is 344 g/mol. The van der Waals surface area contributed by atoms with Crippen molar-refractivity contribution < 1.29 is 4.79 Å². The van der Waals surface area contributed by atoms with Gasteiger partial charge in [0.15, 0.2) is 0 Å². The minimum absolute atomic E-state index is 0.0268. The van der Waals surface area contributed by atoms with Gasteiger partial charge in [-0.2, -0.15) is 0 Å². The van der Waals surface area contributed by atoms with Crippen LogP contribution in [0.4, 0.5) is 5.69 Å². The lowest BCUT2D eigenvalue weighted by atomic mass is 10.0. The van der Waals surface area contributed by atoms with E-state index in [1.54, 1.807) is 0 Å². The lowest BCUT2D eigenvalue weighted by Gasteiger charge is -2.23. The van der Waals surface area contributed by atoms with E-state index in [2.05, 4.69) is 33.2 Å². The molecule has 17 heavy (non-hydrogen) atoms. The maximum absolute atomic E-state index is 12.1. The standard InChI is InChI=1S/C13H17IN2O/c1-9-10(14)5-4-7-11(9)16-13(17)12-6-2-3-8-15-12/h4-5,7,12,15H,2-3,6,8H2,1H3,(H,16,17)/t12-/m1/s1. The van der Waals surface area contributed by atoms with Crippen molar-refractivity contribution in [3.05, 3.63) is 27.3 Å². The Kier molecular flexibility index (Phi) is 4.39. The molecule has 0 bridgehead atoms. The van der Waals surface area contributed by atoms with E-state index in [4.69, 9.17) is 0 Å². The minimum Gasteiger partial charge on any atom is -0.324 e. The maximum Gasteiger partial charge on any atom is 0.241 e. The Labute approximate surface area is 116 Å². The fourth-order valence-corrected chi connectivity index (χ4v) is 2.54. The van der Waals surface area contributed by atoms with Gasteiger partial charge in [0.1, 0.15) is 0 Å². The number of carbonyl (C=O) groups is 1. The first-order valence-corrected chi connectivity index (χ1v) is 7.06. The molecule has 3 nitrogen and oxygen atoms in total. The zero-order valence-electron chi connectivity index (χ0n) is 9.92. The molecule has 1 atom stereocenters. The summed E-state index contributed by atoms with van der Waals surface area (Å²) >= 11 is 2.28. The molecule has 0 aromatic heterocycles. The van der Waals surface area contributed by atoms with E-state index < -0.39 is 0 Å². The molecule has 2 N–H and O–H groups in total. The minimum atomic E-state index is -0.0268. The van der Waals surface area contributed by atoms with Crippen molar-refractivity contribution in [2.24, 2.45) is 0 Å². The number of halogens is 1. The number of anilines is 1. The van der Waals surface area contributed by atoms with Gasteiger partial charge >= 0.3 is 0 Å². The third-order valence-electron chi connectivity index (χ3n) is 3.15. The molecule has 2 rings (SSSR count). The number of hydrogen-bond acceptors (Lipinski definition) is 2. The van der Waals surface area contributed by atoms with Crippen molar-refractivity contribution in [1.82, 2.24) is 5.32 Å². The number of nitrogens with one attached hydrogen (secondary N) is 2. The van der Waals surface area contributed by atoms with E-state index in [0.29, 0.717) is 0 Å². The molecule has 92 valence electrons. The van der Waals surface area contributed by atoms with Gasteiger partial charge in [0.25, 0.3) is 0 Å². The normalized spacial score (nSPS) is 20.0. The number of amides is 1. The summed E-state index contributed by atoms with van der Waals surface area (Å²) in [5.41, 5.74) is 2.06. The van der Waals surface area contributed by atoms with E-state index in [0.717, 1.165) is 30.6 Å². The Morgan fingerprint density at radius 1 is 1.47 bits per heavy atom. The van der Waals surface area contributed by atoms with Crippen LogP contribution in [0.5, 0.6) is 0 Å².